The van der Waals surface area contributed by atoms with Crippen molar-refractivity contribution >= 4 is 6.08 Å². The van der Waals surface area contributed by atoms with E-state index in [0.29, 0.717) is 6.42 Å². The molecule has 0 bridgehead atoms. The maximum absolute atomic E-state index is 9.67. The molecular weight excluding hydrogens is 184 g/mol. The summed E-state index contributed by atoms with van der Waals surface area (Å²) in [7, 11) is 0. The molecule has 0 saturated carbocycles. The highest BCUT2D eigenvalue weighted by Gasteiger charge is 2.07. The lowest BCUT2D eigenvalue weighted by Gasteiger charge is -2.12. The Bertz CT molecular complexity index is 313. The molecule has 80 valence electrons. The van der Waals surface area contributed by atoms with Crippen LogP contribution in [0.2, 0.25) is 0 Å². The highest BCUT2D eigenvalue weighted by Crippen LogP contribution is 2.10. The number of aliphatic hydroxyl groups is 1. The van der Waals surface area contributed by atoms with Gasteiger partial charge in [-0.3, -0.25) is 0 Å². The summed E-state index contributed by atoms with van der Waals surface area (Å²) in [6.45, 7) is 5.63. The smallest absolute Gasteiger partial charge is 0.0634 e. The Hall–Kier alpha value is -1.34. The predicted molar refractivity (Wildman–Crippen MR) is 65.5 cm³/mol. The maximum Gasteiger partial charge on any atom is 0.0634 e. The van der Waals surface area contributed by atoms with Crippen LogP contribution in [0.4, 0.5) is 0 Å². The van der Waals surface area contributed by atoms with Gasteiger partial charge in [-0.25, -0.2) is 0 Å². The Kier molecular flexibility index (Phi) is 4.85. The zero-order valence-electron chi connectivity index (χ0n) is 9.13. The first kappa shape index (κ1) is 11.7. The van der Waals surface area contributed by atoms with Crippen LogP contribution in [0.15, 0.2) is 49.1 Å². The third-order valence-corrected chi connectivity index (χ3v) is 2.47. The third-order valence-electron chi connectivity index (χ3n) is 2.47. The van der Waals surface area contributed by atoms with Gasteiger partial charge in [-0.1, -0.05) is 55.5 Å². The molecule has 1 N–H and O–H groups in total. The lowest BCUT2D eigenvalue weighted by molar-refractivity contribution is 0.141. The lowest BCUT2D eigenvalue weighted by atomic mass is 10.0. The van der Waals surface area contributed by atoms with Gasteiger partial charge < -0.3 is 5.11 Å². The van der Waals surface area contributed by atoms with Gasteiger partial charge in [0.1, 0.15) is 0 Å². The van der Waals surface area contributed by atoms with Gasteiger partial charge in [-0.15, -0.1) is 6.58 Å². The number of aliphatic hydroxyl groups excluding tert-OH is 1. The molecule has 1 aromatic rings. The van der Waals surface area contributed by atoms with Crippen LogP contribution in [0.5, 0.6) is 0 Å². The molecule has 1 rings (SSSR count). The topological polar surface area (TPSA) is 20.2 Å². The van der Waals surface area contributed by atoms with Crippen LogP contribution < -0.4 is 0 Å². The van der Waals surface area contributed by atoms with Gasteiger partial charge in [0.25, 0.3) is 0 Å². The molecule has 1 nitrogen and oxygen atoms in total. The summed E-state index contributed by atoms with van der Waals surface area (Å²) >= 11 is 0. The summed E-state index contributed by atoms with van der Waals surface area (Å²) in [5, 5.41) is 9.67. The van der Waals surface area contributed by atoms with Crippen molar-refractivity contribution in [2.75, 3.05) is 0 Å². The van der Waals surface area contributed by atoms with E-state index in [4.69, 9.17) is 0 Å². The summed E-state index contributed by atoms with van der Waals surface area (Å²) in [6, 6.07) is 10.1. The Morgan fingerprint density at radius 3 is 2.60 bits per heavy atom. The van der Waals surface area contributed by atoms with E-state index in [9.17, 15) is 5.11 Å². The maximum atomic E-state index is 9.67. The van der Waals surface area contributed by atoms with Crippen molar-refractivity contribution in [3.05, 3.63) is 54.6 Å². The van der Waals surface area contributed by atoms with Crippen molar-refractivity contribution in [1.82, 2.24) is 0 Å². The van der Waals surface area contributed by atoms with Crippen LogP contribution in [-0.2, 0) is 0 Å². The fourth-order valence-electron chi connectivity index (χ4n) is 1.28. The largest absolute Gasteiger partial charge is 0.392 e. The Morgan fingerprint density at radius 2 is 2.00 bits per heavy atom. The van der Waals surface area contributed by atoms with Crippen LogP contribution in [0.25, 0.3) is 6.08 Å². The van der Waals surface area contributed by atoms with Crippen molar-refractivity contribution in [2.45, 2.75) is 19.4 Å². The van der Waals surface area contributed by atoms with E-state index in [1.54, 1.807) is 6.08 Å². The van der Waals surface area contributed by atoms with Gasteiger partial charge in [0.15, 0.2) is 0 Å². The van der Waals surface area contributed by atoms with Gasteiger partial charge in [-0.2, -0.15) is 0 Å². The molecule has 0 heterocycles. The molecule has 0 fully saturated rings. The molecule has 0 aliphatic heterocycles. The van der Waals surface area contributed by atoms with E-state index in [0.717, 1.165) is 5.56 Å². The summed E-state index contributed by atoms with van der Waals surface area (Å²) < 4.78 is 0. The zero-order valence-corrected chi connectivity index (χ0v) is 9.13. The van der Waals surface area contributed by atoms with Gasteiger partial charge in [0.2, 0.25) is 0 Å². The number of rotatable bonds is 5. The molecule has 0 amide bonds. The van der Waals surface area contributed by atoms with Crippen LogP contribution in [0.3, 0.4) is 0 Å². The third kappa shape index (κ3) is 4.13. The molecule has 0 aliphatic carbocycles. The average molecular weight is 202 g/mol. The van der Waals surface area contributed by atoms with E-state index in [2.05, 4.69) is 6.58 Å². The van der Waals surface area contributed by atoms with E-state index < -0.39 is 0 Å². The van der Waals surface area contributed by atoms with Gasteiger partial charge in [0, 0.05) is 0 Å². The van der Waals surface area contributed by atoms with Gasteiger partial charge in [-0.05, 0) is 17.9 Å². The second kappa shape index (κ2) is 6.20. The standard InChI is InChI=1S/C14H18O/c1-3-12(2)14(15)11-7-10-13-8-5-4-6-9-13/h3-10,12,14-15H,1,11H2,2H3/b10-7+/t12-,14+/m0/s1. The molecular formula is C14H18O. The van der Waals surface area contributed by atoms with Crippen LogP contribution in [0.1, 0.15) is 18.9 Å². The van der Waals surface area contributed by atoms with Crippen LogP contribution in [-0.4, -0.2) is 11.2 Å². The molecule has 1 heteroatoms. The molecule has 0 aliphatic rings. The first-order chi connectivity index (χ1) is 7.24. The molecule has 0 spiro atoms. The average Bonchev–Trinajstić information content (AvgIpc) is 2.29. The number of benzene rings is 1. The minimum absolute atomic E-state index is 0.144. The molecule has 0 saturated heterocycles. The van der Waals surface area contributed by atoms with E-state index in [1.165, 1.54) is 0 Å². The van der Waals surface area contributed by atoms with Crippen molar-refractivity contribution < 1.29 is 5.11 Å². The van der Waals surface area contributed by atoms with E-state index >= 15 is 0 Å². The summed E-state index contributed by atoms with van der Waals surface area (Å²) in [6.07, 6.45) is 6.14. The fraction of sp³-hybridized carbons (Fsp3) is 0.286. The minimum atomic E-state index is -0.331. The highest BCUT2D eigenvalue weighted by atomic mass is 16.3. The van der Waals surface area contributed by atoms with Gasteiger partial charge in [0.05, 0.1) is 6.10 Å². The first-order valence-electron chi connectivity index (χ1n) is 5.26. The van der Waals surface area contributed by atoms with Crippen molar-refractivity contribution in [3.8, 4) is 0 Å². The summed E-state index contributed by atoms with van der Waals surface area (Å²) in [5.41, 5.74) is 1.16. The van der Waals surface area contributed by atoms with Crippen LogP contribution in [0, 0.1) is 5.92 Å². The highest BCUT2D eigenvalue weighted by molar-refractivity contribution is 5.48. The minimum Gasteiger partial charge on any atom is -0.392 e. The number of hydrogen-bond donors (Lipinski definition) is 1. The monoisotopic (exact) mass is 202 g/mol. The molecule has 0 unspecified atom stereocenters. The predicted octanol–water partition coefficient (Wildman–Crippen LogP) is 3.27. The summed E-state index contributed by atoms with van der Waals surface area (Å²) in [4.78, 5) is 0. The second-order valence-corrected chi connectivity index (χ2v) is 3.71. The molecule has 2 atom stereocenters. The molecule has 0 aromatic heterocycles. The molecule has 0 radical (unpaired) electrons. The Labute approximate surface area is 91.8 Å². The van der Waals surface area contributed by atoms with Crippen molar-refractivity contribution in [3.63, 3.8) is 0 Å². The van der Waals surface area contributed by atoms with E-state index in [-0.39, 0.29) is 12.0 Å². The van der Waals surface area contributed by atoms with Crippen LogP contribution >= 0.6 is 0 Å². The number of hydrogen-bond acceptors (Lipinski definition) is 1. The van der Waals surface area contributed by atoms with E-state index in [1.807, 2.05) is 49.4 Å². The van der Waals surface area contributed by atoms with Gasteiger partial charge >= 0.3 is 0 Å². The quantitative estimate of drug-likeness (QED) is 0.726. The SMILES string of the molecule is C=C[C@H](C)[C@H](O)C/C=C/c1ccccc1. The first-order valence-corrected chi connectivity index (χ1v) is 5.26. The summed E-state index contributed by atoms with van der Waals surface area (Å²) in [5.74, 6) is 0.144. The fourth-order valence-corrected chi connectivity index (χ4v) is 1.28. The Morgan fingerprint density at radius 1 is 1.33 bits per heavy atom. The second-order valence-electron chi connectivity index (χ2n) is 3.71. The normalized spacial score (nSPS) is 15.1. The molecule has 15 heavy (non-hydrogen) atoms. The molecule has 1 aromatic carbocycles. The Balaban J connectivity index is 2.43. The van der Waals surface area contributed by atoms with Crippen molar-refractivity contribution in [1.29, 1.82) is 0 Å². The van der Waals surface area contributed by atoms with Crippen molar-refractivity contribution in [2.24, 2.45) is 5.92 Å². The lowest BCUT2D eigenvalue weighted by Crippen LogP contribution is -2.13. The zero-order chi connectivity index (χ0) is 11.1.